The van der Waals surface area contributed by atoms with Gasteiger partial charge in [0.05, 0.1) is 0 Å². The largest absolute Gasteiger partial charge is 0.439 e. The summed E-state index contributed by atoms with van der Waals surface area (Å²) < 4.78 is 191. The van der Waals surface area contributed by atoms with Crippen molar-refractivity contribution in [2.24, 2.45) is 0 Å². The Bertz CT molecular complexity index is 689. The van der Waals surface area contributed by atoms with Gasteiger partial charge in [0.25, 0.3) is 0 Å². The van der Waals surface area contributed by atoms with Gasteiger partial charge in [-0.05, 0) is 0 Å². The molecule has 2 N–H and O–H groups in total. The lowest BCUT2D eigenvalue weighted by Crippen LogP contribution is -2.53. The van der Waals surface area contributed by atoms with Gasteiger partial charge in [-0.2, -0.15) is 62.1 Å². The van der Waals surface area contributed by atoms with Gasteiger partial charge in [-0.1, -0.05) is 0 Å². The highest BCUT2D eigenvalue weighted by molar-refractivity contribution is 5.46. The molecule has 0 atom stereocenters. The molecule has 0 amide bonds. The second-order valence-corrected chi connectivity index (χ2v) is 4.91. The highest BCUT2D eigenvalue weighted by Gasteiger charge is 2.78. The predicted molar refractivity (Wildman–Crippen MR) is 56.2 cm³/mol. The van der Waals surface area contributed by atoms with Gasteiger partial charge in [-0.15, -0.1) is 0 Å². The summed E-state index contributed by atoms with van der Waals surface area (Å²) in [6.45, 7) is 0. The van der Waals surface area contributed by atoms with Gasteiger partial charge < -0.3 is 5.73 Å². The van der Waals surface area contributed by atoms with E-state index in [-0.39, 0.29) is 0 Å². The first-order valence-corrected chi connectivity index (χ1v) is 6.02. The van der Waals surface area contributed by atoms with E-state index in [1.165, 1.54) is 4.98 Å². The first-order chi connectivity index (χ1) is 12.0. The van der Waals surface area contributed by atoms with Crippen LogP contribution in [0.25, 0.3) is 0 Å². The third-order valence-electron chi connectivity index (χ3n) is 3.11. The molecule has 0 aliphatic heterocycles. The maximum Gasteiger partial charge on any atom is 0.439 e. The lowest BCUT2D eigenvalue weighted by Gasteiger charge is -2.32. The van der Waals surface area contributed by atoms with Crippen LogP contribution in [0.3, 0.4) is 0 Å². The highest BCUT2D eigenvalue weighted by Crippen LogP contribution is 2.56. The molecular weight excluding hydrogens is 447 g/mol. The molecule has 1 rings (SSSR count). The van der Waals surface area contributed by atoms with Crippen LogP contribution in [0.15, 0.2) is 0 Å². The molecule has 3 nitrogen and oxygen atoms in total. The molecule has 1 heterocycles. The van der Waals surface area contributed by atoms with E-state index < -0.39 is 59.2 Å². The molecule has 0 saturated carbocycles. The number of hydrogen-bond donors (Lipinski definition) is 1. The Morgan fingerprint density at radius 2 is 0.857 bits per heavy atom. The van der Waals surface area contributed by atoms with Crippen LogP contribution in [0.5, 0.6) is 0 Å². The van der Waals surface area contributed by atoms with E-state index in [1.54, 1.807) is 4.98 Å². The minimum atomic E-state index is -7.06. The first-order valence-electron chi connectivity index (χ1n) is 6.02. The third-order valence-corrected chi connectivity index (χ3v) is 3.11. The van der Waals surface area contributed by atoms with E-state index >= 15 is 0 Å². The highest BCUT2D eigenvalue weighted by atomic mass is 19.4. The summed E-state index contributed by atoms with van der Waals surface area (Å²) in [5.74, 6) is -9.68. The van der Waals surface area contributed by atoms with E-state index in [9.17, 15) is 65.9 Å². The molecule has 18 heteroatoms. The molecule has 0 spiro atoms. The summed E-state index contributed by atoms with van der Waals surface area (Å²) in [7, 11) is 0. The summed E-state index contributed by atoms with van der Waals surface area (Å²) >= 11 is 0. The van der Waals surface area contributed by atoms with Crippen molar-refractivity contribution in [2.45, 2.75) is 36.0 Å². The fraction of sp³-hybridized carbons (Fsp3) is 0.600. The topological polar surface area (TPSA) is 51.8 Å². The summed E-state index contributed by atoms with van der Waals surface area (Å²) in [6, 6.07) is 0. The van der Waals surface area contributed by atoms with Crippen LogP contribution in [-0.2, 0) is 11.3 Å². The van der Waals surface area contributed by atoms with E-state index in [2.05, 4.69) is 5.73 Å². The molecule has 162 valence electrons. The summed E-state index contributed by atoms with van der Waals surface area (Å²) in [6.07, 6.45) is -28.1. The molecule has 0 unspecified atom stereocenters. The minimum Gasteiger partial charge on any atom is -0.383 e. The van der Waals surface area contributed by atoms with E-state index in [0.29, 0.717) is 0 Å². The average molecular weight is 449 g/mol. The molecular formula is C10H2F15N3. The second-order valence-electron chi connectivity index (χ2n) is 4.91. The standard InChI is InChI=1S/C10H2F15N3/c11-2-1(5(12,7(14,15)16)8(17,18)19)3(26)28-4(27-2)6(13,9(20,21)22)10(23,24)25/h(H2,26,27,28). The number of hydrogen-bond acceptors (Lipinski definition) is 3. The summed E-state index contributed by atoms with van der Waals surface area (Å²) in [4.78, 5) is 3.12. The lowest BCUT2D eigenvalue weighted by atomic mass is 9.94. The number of halogens is 15. The van der Waals surface area contributed by atoms with Crippen molar-refractivity contribution in [3.05, 3.63) is 17.3 Å². The Labute approximate surface area is 142 Å². The zero-order chi connectivity index (χ0) is 22.7. The SMILES string of the molecule is Nc1nc(C(F)(C(F)(F)F)C(F)(F)F)nc(F)c1C(F)(C(F)(F)F)C(F)(F)F. The number of anilines is 1. The summed E-state index contributed by atoms with van der Waals surface area (Å²) in [5.41, 5.74) is -12.4. The van der Waals surface area contributed by atoms with Crippen LogP contribution in [0.4, 0.5) is 71.7 Å². The molecule has 28 heavy (non-hydrogen) atoms. The van der Waals surface area contributed by atoms with Gasteiger partial charge in [0.2, 0.25) is 5.95 Å². The van der Waals surface area contributed by atoms with Crippen LogP contribution in [0.2, 0.25) is 0 Å². The molecule has 0 aliphatic carbocycles. The van der Waals surface area contributed by atoms with Crippen molar-refractivity contribution in [3.8, 4) is 0 Å². The van der Waals surface area contributed by atoms with E-state index in [0.717, 1.165) is 0 Å². The molecule has 1 aromatic heterocycles. The monoisotopic (exact) mass is 449 g/mol. The zero-order valence-corrected chi connectivity index (χ0v) is 12.1. The first kappa shape index (κ1) is 23.9. The lowest BCUT2D eigenvalue weighted by molar-refractivity contribution is -0.353. The van der Waals surface area contributed by atoms with Crippen LogP contribution >= 0.6 is 0 Å². The Hall–Kier alpha value is -2.17. The quantitative estimate of drug-likeness (QED) is 0.523. The van der Waals surface area contributed by atoms with Gasteiger partial charge in [-0.3, -0.25) is 0 Å². The Morgan fingerprint density at radius 1 is 0.536 bits per heavy atom. The van der Waals surface area contributed by atoms with Crippen LogP contribution in [-0.4, -0.2) is 34.7 Å². The molecule has 0 bridgehead atoms. The van der Waals surface area contributed by atoms with Crippen LogP contribution < -0.4 is 5.73 Å². The Balaban J connectivity index is 3.94. The second kappa shape index (κ2) is 6.16. The minimum absolute atomic E-state index is 1.42. The molecule has 0 radical (unpaired) electrons. The maximum atomic E-state index is 13.8. The Morgan fingerprint density at radius 3 is 1.11 bits per heavy atom. The number of nitrogens with zero attached hydrogens (tertiary/aromatic N) is 2. The number of alkyl halides is 14. The molecule has 0 fully saturated rings. The van der Waals surface area contributed by atoms with Crippen molar-refractivity contribution in [1.29, 1.82) is 0 Å². The number of aromatic nitrogens is 2. The fourth-order valence-electron chi connectivity index (χ4n) is 1.78. The van der Waals surface area contributed by atoms with Gasteiger partial charge in [0.15, 0.2) is 5.82 Å². The van der Waals surface area contributed by atoms with Gasteiger partial charge in [-0.25, -0.2) is 13.8 Å². The van der Waals surface area contributed by atoms with Gasteiger partial charge >= 0.3 is 36.0 Å². The number of nitrogen functional groups attached to an aromatic ring is 1. The number of rotatable bonds is 2. The van der Waals surface area contributed by atoms with Crippen molar-refractivity contribution in [1.82, 2.24) is 9.97 Å². The van der Waals surface area contributed by atoms with Crippen molar-refractivity contribution < 1.29 is 65.9 Å². The number of nitrogens with two attached hydrogens (primary N) is 1. The molecule has 0 saturated heterocycles. The molecule has 0 aliphatic rings. The fourth-order valence-corrected chi connectivity index (χ4v) is 1.78. The molecule has 0 aromatic carbocycles. The molecule has 1 aromatic rings. The van der Waals surface area contributed by atoms with Crippen LogP contribution in [0, 0.1) is 5.95 Å². The van der Waals surface area contributed by atoms with E-state index in [1.807, 2.05) is 0 Å². The zero-order valence-electron chi connectivity index (χ0n) is 12.1. The van der Waals surface area contributed by atoms with E-state index in [4.69, 9.17) is 0 Å². The van der Waals surface area contributed by atoms with Gasteiger partial charge in [0, 0.05) is 0 Å². The smallest absolute Gasteiger partial charge is 0.383 e. The van der Waals surface area contributed by atoms with Crippen molar-refractivity contribution in [2.75, 3.05) is 5.73 Å². The van der Waals surface area contributed by atoms with Crippen molar-refractivity contribution >= 4 is 5.82 Å². The van der Waals surface area contributed by atoms with Crippen LogP contribution in [0.1, 0.15) is 11.4 Å². The van der Waals surface area contributed by atoms with Gasteiger partial charge in [0.1, 0.15) is 11.4 Å². The third kappa shape index (κ3) is 3.25. The van der Waals surface area contributed by atoms with Crippen molar-refractivity contribution in [3.63, 3.8) is 0 Å². The average Bonchev–Trinajstić information content (AvgIpc) is 2.40. The maximum absolute atomic E-state index is 13.8. The summed E-state index contributed by atoms with van der Waals surface area (Å²) in [5, 5.41) is 0. The predicted octanol–water partition coefficient (Wildman–Crippen LogP) is 4.78. The normalized spacial score (nSPS) is 15.1. The Kier molecular flexibility index (Phi) is 5.25.